The second-order valence-corrected chi connectivity index (χ2v) is 4.68. The van der Waals surface area contributed by atoms with E-state index in [1.807, 2.05) is 11.9 Å². The number of nitrogens with zero attached hydrogens (tertiary/aromatic N) is 3. The highest BCUT2D eigenvalue weighted by atomic mass is 16.6. The van der Waals surface area contributed by atoms with Crippen LogP contribution in [0.2, 0.25) is 0 Å². The van der Waals surface area contributed by atoms with Crippen molar-refractivity contribution in [1.82, 2.24) is 4.98 Å². The topological polar surface area (TPSA) is 96.6 Å². The average Bonchev–Trinajstić information content (AvgIpc) is 2.45. The maximum absolute atomic E-state index is 11.0. The first-order valence-corrected chi connectivity index (χ1v) is 6.45. The quantitative estimate of drug-likeness (QED) is 0.648. The molecule has 1 N–H and O–H groups in total. The predicted octanol–water partition coefficient (Wildman–Crippen LogP) is 2.44. The molecule has 2 aromatic rings. The molecule has 0 bridgehead atoms. The van der Waals surface area contributed by atoms with E-state index in [2.05, 4.69) is 4.98 Å². The number of hydrogen-bond donors (Lipinski definition) is 1. The van der Waals surface area contributed by atoms with E-state index in [0.29, 0.717) is 23.9 Å². The number of carboxylic acid groups (broad SMARTS) is 1. The Bertz CT molecular complexity index is 687. The number of carboxylic acids is 1. The second kappa shape index (κ2) is 6.17. The first kappa shape index (κ1) is 14.7. The smallest absolute Gasteiger partial charge is 0.303 e. The van der Waals surface area contributed by atoms with E-state index in [-0.39, 0.29) is 12.1 Å². The third kappa shape index (κ3) is 3.25. The Morgan fingerprint density at radius 2 is 2.19 bits per heavy atom. The van der Waals surface area contributed by atoms with Gasteiger partial charge in [0.05, 0.1) is 4.92 Å². The van der Waals surface area contributed by atoms with Crippen LogP contribution >= 0.6 is 0 Å². The van der Waals surface area contributed by atoms with Crippen LogP contribution in [0, 0.1) is 10.1 Å². The van der Waals surface area contributed by atoms with Crippen molar-refractivity contribution in [3.8, 4) is 0 Å². The van der Waals surface area contributed by atoms with Crippen molar-refractivity contribution >= 4 is 28.2 Å². The first-order valence-electron chi connectivity index (χ1n) is 6.45. The maximum atomic E-state index is 11.0. The van der Waals surface area contributed by atoms with Crippen molar-refractivity contribution in [2.24, 2.45) is 0 Å². The van der Waals surface area contributed by atoms with E-state index >= 15 is 0 Å². The number of aliphatic carboxylic acids is 1. The van der Waals surface area contributed by atoms with Crippen LogP contribution < -0.4 is 4.90 Å². The Balaban J connectivity index is 2.34. The highest BCUT2D eigenvalue weighted by Gasteiger charge is 2.17. The van der Waals surface area contributed by atoms with Gasteiger partial charge in [0.2, 0.25) is 0 Å². The largest absolute Gasteiger partial charge is 0.481 e. The molecule has 1 heterocycles. The van der Waals surface area contributed by atoms with Crippen LogP contribution in [0.1, 0.15) is 12.8 Å². The van der Waals surface area contributed by atoms with Gasteiger partial charge in [0.25, 0.3) is 5.69 Å². The molecule has 0 aliphatic heterocycles. The molecule has 0 saturated carbocycles. The molecule has 2 rings (SSSR count). The molecule has 21 heavy (non-hydrogen) atoms. The van der Waals surface area contributed by atoms with E-state index in [0.717, 1.165) is 5.69 Å². The number of anilines is 1. The van der Waals surface area contributed by atoms with Crippen LogP contribution in [0.4, 0.5) is 11.4 Å². The van der Waals surface area contributed by atoms with Gasteiger partial charge in [-0.15, -0.1) is 0 Å². The van der Waals surface area contributed by atoms with Gasteiger partial charge >= 0.3 is 5.97 Å². The highest BCUT2D eigenvalue weighted by molar-refractivity contribution is 5.97. The second-order valence-electron chi connectivity index (χ2n) is 4.68. The summed E-state index contributed by atoms with van der Waals surface area (Å²) < 4.78 is 0. The number of rotatable bonds is 6. The summed E-state index contributed by atoms with van der Waals surface area (Å²) in [4.78, 5) is 27.1. The van der Waals surface area contributed by atoms with E-state index in [9.17, 15) is 14.9 Å². The molecule has 1 aromatic heterocycles. The zero-order valence-corrected chi connectivity index (χ0v) is 11.5. The van der Waals surface area contributed by atoms with Gasteiger partial charge in [0.15, 0.2) is 0 Å². The molecule has 0 saturated heterocycles. The molecule has 0 spiro atoms. The first-order chi connectivity index (χ1) is 10.0. The van der Waals surface area contributed by atoms with Gasteiger partial charge in [-0.25, -0.2) is 4.98 Å². The number of carbonyl (C=O) groups is 1. The van der Waals surface area contributed by atoms with Gasteiger partial charge in [-0.05, 0) is 24.6 Å². The van der Waals surface area contributed by atoms with Crippen molar-refractivity contribution in [1.29, 1.82) is 0 Å². The number of aromatic nitrogens is 1. The Kier molecular flexibility index (Phi) is 4.32. The summed E-state index contributed by atoms with van der Waals surface area (Å²) in [7, 11) is 1.83. The molecule has 0 amide bonds. The molecule has 0 unspecified atom stereocenters. The number of fused-ring (bicyclic) bond motifs is 1. The lowest BCUT2D eigenvalue weighted by molar-refractivity contribution is -0.383. The summed E-state index contributed by atoms with van der Waals surface area (Å²) in [6, 6.07) is 6.60. The minimum absolute atomic E-state index is 0.0340. The minimum Gasteiger partial charge on any atom is -0.481 e. The summed E-state index contributed by atoms with van der Waals surface area (Å²) in [6.45, 7) is 0.550. The van der Waals surface area contributed by atoms with Crippen LogP contribution in [0.25, 0.3) is 10.9 Å². The van der Waals surface area contributed by atoms with Gasteiger partial charge in [-0.3, -0.25) is 14.9 Å². The number of nitro groups is 1. The van der Waals surface area contributed by atoms with Crippen molar-refractivity contribution in [3.05, 3.63) is 40.6 Å². The predicted molar refractivity (Wildman–Crippen MR) is 78.5 cm³/mol. The standard InChI is InChI=1S/C14H15N3O4/c1-16(9-3-5-13(18)19)11-6-7-12(17(20)21)14-10(11)4-2-8-15-14/h2,4,6-8H,3,5,9H2,1H3,(H,18,19). The van der Waals surface area contributed by atoms with Gasteiger partial charge in [-0.2, -0.15) is 0 Å². The molecule has 0 aliphatic rings. The van der Waals surface area contributed by atoms with Crippen molar-refractivity contribution in [2.45, 2.75) is 12.8 Å². The molecule has 7 heteroatoms. The average molecular weight is 289 g/mol. The fourth-order valence-corrected chi connectivity index (χ4v) is 2.21. The number of benzene rings is 1. The summed E-state index contributed by atoms with van der Waals surface area (Å²) in [5, 5.41) is 20.4. The Morgan fingerprint density at radius 1 is 1.43 bits per heavy atom. The number of nitro benzene ring substituents is 1. The summed E-state index contributed by atoms with van der Waals surface area (Å²) in [5.74, 6) is -0.835. The zero-order valence-electron chi connectivity index (χ0n) is 11.5. The number of pyridine rings is 1. The normalized spacial score (nSPS) is 10.5. The monoisotopic (exact) mass is 289 g/mol. The maximum Gasteiger partial charge on any atom is 0.303 e. The number of hydrogen-bond acceptors (Lipinski definition) is 5. The lowest BCUT2D eigenvalue weighted by Gasteiger charge is -2.20. The van der Waals surface area contributed by atoms with Gasteiger partial charge in [0, 0.05) is 43.4 Å². The zero-order chi connectivity index (χ0) is 15.4. The molecule has 1 aromatic carbocycles. The van der Waals surface area contributed by atoms with Gasteiger partial charge in [-0.1, -0.05) is 0 Å². The highest BCUT2D eigenvalue weighted by Crippen LogP contribution is 2.31. The van der Waals surface area contributed by atoms with Gasteiger partial charge in [0.1, 0.15) is 5.52 Å². The molecule has 0 fully saturated rings. The van der Waals surface area contributed by atoms with E-state index in [4.69, 9.17) is 5.11 Å². The molecule has 110 valence electrons. The van der Waals surface area contributed by atoms with Gasteiger partial charge < -0.3 is 10.0 Å². The molecule has 0 aliphatic carbocycles. The van der Waals surface area contributed by atoms with E-state index < -0.39 is 10.9 Å². The van der Waals surface area contributed by atoms with Crippen LogP contribution in [0.15, 0.2) is 30.5 Å². The molecular weight excluding hydrogens is 274 g/mol. The third-order valence-electron chi connectivity index (χ3n) is 3.22. The third-order valence-corrected chi connectivity index (χ3v) is 3.22. The molecular formula is C14H15N3O4. The van der Waals surface area contributed by atoms with Crippen LogP contribution in [-0.4, -0.2) is 34.6 Å². The molecule has 7 nitrogen and oxygen atoms in total. The van der Waals surface area contributed by atoms with E-state index in [1.165, 1.54) is 12.3 Å². The summed E-state index contributed by atoms with van der Waals surface area (Å²) >= 11 is 0. The van der Waals surface area contributed by atoms with E-state index in [1.54, 1.807) is 18.2 Å². The Labute approximate surface area is 121 Å². The number of non-ortho nitro benzene ring substituents is 1. The van der Waals surface area contributed by atoms with Crippen LogP contribution in [-0.2, 0) is 4.79 Å². The fourth-order valence-electron chi connectivity index (χ4n) is 2.21. The van der Waals surface area contributed by atoms with Crippen molar-refractivity contribution in [2.75, 3.05) is 18.5 Å². The SMILES string of the molecule is CN(CCCC(=O)O)c1ccc([N+](=O)[O-])c2ncccc12. The lowest BCUT2D eigenvalue weighted by atomic mass is 10.1. The lowest BCUT2D eigenvalue weighted by Crippen LogP contribution is -2.19. The fraction of sp³-hybridized carbons (Fsp3) is 0.286. The molecule has 0 atom stereocenters. The van der Waals surface area contributed by atoms with Crippen LogP contribution in [0.5, 0.6) is 0 Å². The Hall–Kier alpha value is -2.70. The Morgan fingerprint density at radius 3 is 2.86 bits per heavy atom. The van der Waals surface area contributed by atoms with Crippen molar-refractivity contribution in [3.63, 3.8) is 0 Å². The minimum atomic E-state index is -0.835. The summed E-state index contributed by atoms with van der Waals surface area (Å²) in [5.41, 5.74) is 1.10. The summed E-state index contributed by atoms with van der Waals surface area (Å²) in [6.07, 6.45) is 2.11. The van der Waals surface area contributed by atoms with Crippen LogP contribution in [0.3, 0.4) is 0 Å². The van der Waals surface area contributed by atoms with Crippen molar-refractivity contribution < 1.29 is 14.8 Å². The molecule has 0 radical (unpaired) electrons.